The Morgan fingerprint density at radius 1 is 0.746 bits per heavy atom. The first-order valence-electron chi connectivity index (χ1n) is 21.8. The van der Waals surface area contributed by atoms with Gasteiger partial charge in [0.1, 0.15) is 5.75 Å². The molecule has 378 valence electrons. The number of hydrogen-bond donors (Lipinski definition) is 5. The molecule has 20 nitrogen and oxygen atoms in total. The van der Waals surface area contributed by atoms with Crippen molar-refractivity contribution >= 4 is 53.3 Å². The Kier molecular flexibility index (Phi) is 24.4. The quantitative estimate of drug-likeness (QED) is 0.0358. The molecule has 1 heterocycles. The second-order valence-electron chi connectivity index (χ2n) is 15.4. The van der Waals surface area contributed by atoms with Crippen LogP contribution in [-0.2, 0) is 69.0 Å². The summed E-state index contributed by atoms with van der Waals surface area (Å²) in [4.78, 5) is 13.9. The Labute approximate surface area is 394 Å². The Morgan fingerprint density at radius 3 is 1.78 bits per heavy atom. The van der Waals surface area contributed by atoms with E-state index in [0.29, 0.717) is 99.7 Å². The molecule has 2 aromatic carbocycles. The molecule has 0 spiro atoms. The van der Waals surface area contributed by atoms with Gasteiger partial charge in [-0.05, 0) is 87.6 Å². The van der Waals surface area contributed by atoms with Gasteiger partial charge in [0.25, 0.3) is 30.4 Å². The average molecular weight is 1010 g/mol. The Bertz CT molecular complexity index is 2300. The molecule has 0 amide bonds. The summed E-state index contributed by atoms with van der Waals surface area (Å²) in [6.07, 6.45) is 7.42. The molecule has 0 saturated heterocycles. The number of anilines is 2. The maximum absolute atomic E-state index is 12.3. The lowest BCUT2D eigenvalue weighted by Crippen LogP contribution is -2.31. The van der Waals surface area contributed by atoms with E-state index >= 15 is 0 Å². The fourth-order valence-electron chi connectivity index (χ4n) is 7.27. The summed E-state index contributed by atoms with van der Waals surface area (Å²) in [6, 6.07) is 9.31. The van der Waals surface area contributed by atoms with Crippen LogP contribution < -0.4 is 9.80 Å². The number of fused-ring (bicyclic) bond motifs is 1. The van der Waals surface area contributed by atoms with E-state index in [1.54, 1.807) is 55.5 Å². The molecule has 0 fully saturated rings. The van der Waals surface area contributed by atoms with Crippen LogP contribution in [-0.4, -0.2) is 166 Å². The second kappa shape index (κ2) is 28.5. The first-order chi connectivity index (χ1) is 31.7. The number of carboxylic acids is 1. The molecule has 5 N–H and O–H groups in total. The van der Waals surface area contributed by atoms with Crippen LogP contribution in [0.15, 0.2) is 71.3 Å². The molecular weight excluding hydrogens is 941 g/mol. The molecule has 0 aromatic heterocycles. The molecule has 0 aliphatic carbocycles. The van der Waals surface area contributed by atoms with Crippen molar-refractivity contribution in [1.82, 2.24) is 0 Å². The molecule has 1 aliphatic rings. The molecule has 67 heavy (non-hydrogen) atoms. The number of ether oxygens (including phenoxy) is 6. The third-order valence-corrected chi connectivity index (χ3v) is 13.0. The summed E-state index contributed by atoms with van der Waals surface area (Å²) in [5, 5.41) is 19.7. The number of aromatic hydroxyl groups is 1. The summed E-state index contributed by atoms with van der Waals surface area (Å²) >= 11 is 0. The molecule has 3 rings (SSSR count). The minimum absolute atomic E-state index is 0.0142. The number of hydrogen-bond acceptors (Lipinski definition) is 16. The Hall–Kier alpha value is -3.98. The van der Waals surface area contributed by atoms with Gasteiger partial charge < -0.3 is 48.4 Å². The van der Waals surface area contributed by atoms with E-state index in [2.05, 4.69) is 0 Å². The van der Waals surface area contributed by atoms with Gasteiger partial charge >= 0.3 is 5.97 Å². The van der Waals surface area contributed by atoms with Crippen LogP contribution in [0.3, 0.4) is 0 Å². The van der Waals surface area contributed by atoms with E-state index in [9.17, 15) is 44.3 Å². The lowest BCUT2D eigenvalue weighted by molar-refractivity contribution is -0.138. The molecule has 1 unspecified atom stereocenters. The van der Waals surface area contributed by atoms with Gasteiger partial charge in [-0.3, -0.25) is 18.5 Å². The molecule has 23 heteroatoms. The van der Waals surface area contributed by atoms with Gasteiger partial charge in [-0.2, -0.15) is 25.3 Å². The van der Waals surface area contributed by atoms with Crippen LogP contribution in [0.4, 0.5) is 11.4 Å². The number of phenolic OH excluding ortho intramolecular Hbond substituents is 1. The van der Waals surface area contributed by atoms with Crippen molar-refractivity contribution in [1.29, 1.82) is 0 Å². The minimum atomic E-state index is -4.62. The zero-order valence-corrected chi connectivity index (χ0v) is 40.7. The highest BCUT2D eigenvalue weighted by molar-refractivity contribution is 7.86. The maximum Gasteiger partial charge on any atom is 0.305 e. The van der Waals surface area contributed by atoms with Crippen molar-refractivity contribution in [2.75, 3.05) is 120 Å². The summed E-state index contributed by atoms with van der Waals surface area (Å²) in [7, 11) is -13.1. The Balaban J connectivity index is 1.67. The number of allylic oxidation sites excluding steroid dienone is 6. The third-order valence-electron chi connectivity index (χ3n) is 10.6. The lowest BCUT2D eigenvalue weighted by atomic mass is 9.77. The highest BCUT2D eigenvalue weighted by atomic mass is 32.2. The van der Waals surface area contributed by atoms with Crippen molar-refractivity contribution in [3.63, 3.8) is 0 Å². The van der Waals surface area contributed by atoms with Gasteiger partial charge in [-0.1, -0.05) is 18.2 Å². The SMILES string of the molecule is C/C=C(/C=C/C=C1/N(CCOCCOCCOCCOCCOCCOCCC(=O)O)c2ccc(S(=O)(=O)O)cc2C1(C)CCCS(=O)(=O)O)c1ccc(N(CC)CCCS(=O)(=O)O)cc1O. The molecule has 0 radical (unpaired) electrons. The third kappa shape index (κ3) is 20.6. The van der Waals surface area contributed by atoms with Crippen molar-refractivity contribution in [2.45, 2.75) is 56.8 Å². The monoisotopic (exact) mass is 1010 g/mol. The van der Waals surface area contributed by atoms with Crippen molar-refractivity contribution in [2.24, 2.45) is 0 Å². The lowest BCUT2D eigenvalue weighted by Gasteiger charge is -2.30. The topological polar surface area (TPSA) is 282 Å². The first kappa shape index (κ1) is 57.3. The van der Waals surface area contributed by atoms with E-state index in [4.69, 9.17) is 38.1 Å². The number of benzene rings is 2. The van der Waals surface area contributed by atoms with Gasteiger partial charge in [-0.15, -0.1) is 0 Å². The van der Waals surface area contributed by atoms with Crippen LogP contribution in [0.5, 0.6) is 5.75 Å². The highest BCUT2D eigenvalue weighted by Gasteiger charge is 2.43. The Morgan fingerprint density at radius 2 is 1.28 bits per heavy atom. The van der Waals surface area contributed by atoms with Crippen LogP contribution in [0.1, 0.15) is 57.6 Å². The van der Waals surface area contributed by atoms with E-state index in [0.717, 1.165) is 0 Å². The van der Waals surface area contributed by atoms with Gasteiger partial charge in [0.2, 0.25) is 0 Å². The minimum Gasteiger partial charge on any atom is -0.507 e. The summed E-state index contributed by atoms with van der Waals surface area (Å²) in [5.41, 5.74) is 2.53. The second-order valence-corrected chi connectivity index (χ2v) is 20.0. The fourth-order valence-corrected chi connectivity index (χ4v) is 8.78. The highest BCUT2D eigenvalue weighted by Crippen LogP contribution is 2.51. The number of carbonyl (C=O) groups is 1. The number of nitrogens with zero attached hydrogens (tertiary/aromatic N) is 2. The number of carboxylic acid groups (broad SMARTS) is 1. The molecule has 0 bridgehead atoms. The van der Waals surface area contributed by atoms with Crippen LogP contribution in [0.2, 0.25) is 0 Å². The van der Waals surface area contributed by atoms with Crippen LogP contribution in [0, 0.1) is 0 Å². The zero-order chi connectivity index (χ0) is 49.5. The number of rotatable bonds is 35. The van der Waals surface area contributed by atoms with Gasteiger partial charge in [-0.25, -0.2) is 0 Å². The van der Waals surface area contributed by atoms with E-state index in [-0.39, 0.29) is 69.3 Å². The van der Waals surface area contributed by atoms with Crippen molar-refractivity contribution in [3.05, 3.63) is 77.5 Å². The van der Waals surface area contributed by atoms with E-state index in [1.165, 1.54) is 12.1 Å². The van der Waals surface area contributed by atoms with Crippen LogP contribution >= 0.6 is 0 Å². The predicted molar refractivity (Wildman–Crippen MR) is 252 cm³/mol. The molecule has 0 saturated carbocycles. The smallest absolute Gasteiger partial charge is 0.305 e. The average Bonchev–Trinajstić information content (AvgIpc) is 3.47. The van der Waals surface area contributed by atoms with Crippen molar-refractivity contribution in [3.8, 4) is 5.75 Å². The summed E-state index contributed by atoms with van der Waals surface area (Å²) in [6.45, 7) is 10.2. The van der Waals surface area contributed by atoms with Crippen molar-refractivity contribution < 1.29 is 82.3 Å². The number of phenols is 1. The normalized spacial score (nSPS) is 16.4. The van der Waals surface area contributed by atoms with E-state index < -0.39 is 53.2 Å². The first-order valence-corrected chi connectivity index (χ1v) is 26.5. The molecule has 1 aliphatic heterocycles. The molecule has 2 aromatic rings. The van der Waals surface area contributed by atoms with E-state index in [1.807, 2.05) is 23.6 Å². The zero-order valence-electron chi connectivity index (χ0n) is 38.3. The fraction of sp³-hybridized carbons (Fsp3) is 0.568. The molecular formula is C44H66N2O18S3. The van der Waals surface area contributed by atoms with Gasteiger partial charge in [0, 0.05) is 53.8 Å². The van der Waals surface area contributed by atoms with Gasteiger partial charge in [0.05, 0.1) is 102 Å². The predicted octanol–water partition coefficient (Wildman–Crippen LogP) is 4.61. The molecule has 1 atom stereocenters. The standard InChI is InChI=1S/C44H66N2O18S3/c1-4-35(38-13-11-36(33-41(38)47)45(5-2)17-8-32-66(53,54)55)9-6-10-42-44(3,16-7-31-65(50,51)52)39-34-37(67(56,57)58)12-14-40(39)46(42)18-20-60-22-24-62-26-28-64-30-29-63-27-25-61-23-21-59-19-15-43(48)49/h4,6,9-14,33-34,47H,5,7-8,15-32H2,1-3H3,(H,48,49)(H,50,51,52)(H,53,54,55)(H,56,57,58)/b9-6+,35-4-,42-10+. The van der Waals surface area contributed by atoms with Crippen LogP contribution in [0.25, 0.3) is 5.57 Å². The summed E-state index contributed by atoms with van der Waals surface area (Å²) < 4.78 is 132. The van der Waals surface area contributed by atoms with Gasteiger partial charge in [0.15, 0.2) is 0 Å². The largest absolute Gasteiger partial charge is 0.507 e. The number of aliphatic carboxylic acids is 1. The maximum atomic E-state index is 12.3. The summed E-state index contributed by atoms with van der Waals surface area (Å²) in [5.74, 6) is -1.88.